The topological polar surface area (TPSA) is 81.8 Å². The van der Waals surface area contributed by atoms with E-state index >= 15 is 0 Å². The summed E-state index contributed by atoms with van der Waals surface area (Å²) in [6.45, 7) is 0. The Kier molecular flexibility index (Phi) is 5.76. The van der Waals surface area contributed by atoms with E-state index in [-0.39, 0.29) is 12.5 Å². The monoisotopic (exact) mass is 311 g/mol. The number of carboxylic acids is 1. The first-order valence-corrected chi connectivity index (χ1v) is 8.15. The summed E-state index contributed by atoms with van der Waals surface area (Å²) < 4.78 is 11.3. The first-order valence-electron chi connectivity index (χ1n) is 7.00. The third-order valence-electron chi connectivity index (χ3n) is 3.41. The minimum absolute atomic E-state index is 0.182. The molecule has 0 aliphatic carbocycles. The van der Waals surface area contributed by atoms with Crippen LogP contribution < -0.4 is 15.2 Å². The maximum Gasteiger partial charge on any atom is 0.320 e. The molecule has 0 radical (unpaired) electrons. The SMILES string of the molecule is COc1ccc(CC(N)C(=O)O)cc1OC1CCCSC1. The molecule has 2 atom stereocenters. The first-order chi connectivity index (χ1) is 10.1. The maximum atomic E-state index is 10.8. The lowest BCUT2D eigenvalue weighted by Crippen LogP contribution is -2.32. The highest BCUT2D eigenvalue weighted by molar-refractivity contribution is 7.99. The molecule has 1 fully saturated rings. The van der Waals surface area contributed by atoms with Crippen molar-refractivity contribution in [3.05, 3.63) is 23.8 Å². The van der Waals surface area contributed by atoms with Crippen molar-refractivity contribution >= 4 is 17.7 Å². The molecule has 0 spiro atoms. The number of ether oxygens (including phenoxy) is 2. The maximum absolute atomic E-state index is 10.8. The molecule has 3 N–H and O–H groups in total. The van der Waals surface area contributed by atoms with Gasteiger partial charge in [-0.05, 0) is 42.7 Å². The predicted octanol–water partition coefficient (Wildman–Crippen LogP) is 1.92. The molecule has 1 aliphatic heterocycles. The number of aliphatic carboxylic acids is 1. The van der Waals surface area contributed by atoms with Crippen LogP contribution in [0.4, 0.5) is 0 Å². The zero-order valence-electron chi connectivity index (χ0n) is 12.1. The largest absolute Gasteiger partial charge is 0.493 e. The van der Waals surface area contributed by atoms with Crippen LogP contribution in [0.1, 0.15) is 18.4 Å². The Morgan fingerprint density at radius 2 is 2.33 bits per heavy atom. The van der Waals surface area contributed by atoms with Crippen molar-refractivity contribution < 1.29 is 19.4 Å². The number of carbonyl (C=O) groups is 1. The van der Waals surface area contributed by atoms with Gasteiger partial charge in [-0.25, -0.2) is 0 Å². The molecule has 0 aromatic heterocycles. The van der Waals surface area contributed by atoms with Crippen LogP contribution >= 0.6 is 11.8 Å². The summed E-state index contributed by atoms with van der Waals surface area (Å²) in [5, 5.41) is 8.89. The van der Waals surface area contributed by atoms with Crippen molar-refractivity contribution in [2.45, 2.75) is 31.4 Å². The number of benzene rings is 1. The Bertz CT molecular complexity index is 489. The van der Waals surface area contributed by atoms with Crippen molar-refractivity contribution in [3.63, 3.8) is 0 Å². The summed E-state index contributed by atoms with van der Waals surface area (Å²) >= 11 is 1.89. The molecule has 5 nitrogen and oxygen atoms in total. The minimum atomic E-state index is -1.00. The fourth-order valence-corrected chi connectivity index (χ4v) is 3.30. The van der Waals surface area contributed by atoms with Crippen LogP contribution in [0.15, 0.2) is 18.2 Å². The molecular weight excluding hydrogens is 290 g/mol. The predicted molar refractivity (Wildman–Crippen MR) is 83.3 cm³/mol. The molecule has 1 saturated heterocycles. The third-order valence-corrected chi connectivity index (χ3v) is 4.60. The van der Waals surface area contributed by atoms with Gasteiger partial charge in [0.1, 0.15) is 12.1 Å². The van der Waals surface area contributed by atoms with E-state index in [1.165, 1.54) is 5.75 Å². The lowest BCUT2D eigenvalue weighted by molar-refractivity contribution is -0.138. The summed E-state index contributed by atoms with van der Waals surface area (Å²) in [6.07, 6.45) is 2.65. The summed E-state index contributed by atoms with van der Waals surface area (Å²) in [7, 11) is 1.60. The minimum Gasteiger partial charge on any atom is -0.493 e. The molecular formula is C15H21NO4S. The smallest absolute Gasteiger partial charge is 0.320 e. The molecule has 1 heterocycles. The standard InChI is InChI=1S/C15H21NO4S/c1-19-13-5-4-10(7-12(16)15(17)18)8-14(13)20-11-3-2-6-21-9-11/h4-5,8,11-12H,2-3,6-7,9,16H2,1H3,(H,17,18). The van der Waals surface area contributed by atoms with Crippen molar-refractivity contribution in [2.75, 3.05) is 18.6 Å². The van der Waals surface area contributed by atoms with Crippen LogP contribution in [-0.4, -0.2) is 41.8 Å². The van der Waals surface area contributed by atoms with Crippen LogP contribution in [0.2, 0.25) is 0 Å². The fraction of sp³-hybridized carbons (Fsp3) is 0.533. The van der Waals surface area contributed by atoms with E-state index in [2.05, 4.69) is 0 Å². The van der Waals surface area contributed by atoms with Gasteiger partial charge in [0.25, 0.3) is 0 Å². The number of thioether (sulfide) groups is 1. The average molecular weight is 311 g/mol. The molecule has 21 heavy (non-hydrogen) atoms. The van der Waals surface area contributed by atoms with Gasteiger partial charge in [-0.3, -0.25) is 4.79 Å². The van der Waals surface area contributed by atoms with Crippen molar-refractivity contribution in [1.82, 2.24) is 0 Å². The van der Waals surface area contributed by atoms with Gasteiger partial charge in [0.15, 0.2) is 11.5 Å². The third kappa shape index (κ3) is 4.54. The van der Waals surface area contributed by atoms with Crippen LogP contribution in [-0.2, 0) is 11.2 Å². The Hall–Kier alpha value is -1.40. The molecule has 1 aromatic rings. The van der Waals surface area contributed by atoms with Crippen LogP contribution in [0.3, 0.4) is 0 Å². The second kappa shape index (κ2) is 7.56. The van der Waals surface area contributed by atoms with Gasteiger partial charge in [-0.2, -0.15) is 11.8 Å². The number of carboxylic acid groups (broad SMARTS) is 1. The highest BCUT2D eigenvalue weighted by atomic mass is 32.2. The summed E-state index contributed by atoms with van der Waals surface area (Å²) in [6, 6.07) is 4.55. The second-order valence-corrected chi connectivity index (χ2v) is 6.24. The number of hydrogen-bond acceptors (Lipinski definition) is 5. The Balaban J connectivity index is 2.11. The molecule has 0 bridgehead atoms. The van der Waals surface area contributed by atoms with Crippen molar-refractivity contribution in [2.24, 2.45) is 5.73 Å². The number of nitrogens with two attached hydrogens (primary N) is 1. The van der Waals surface area contributed by atoms with E-state index < -0.39 is 12.0 Å². The molecule has 6 heteroatoms. The Morgan fingerprint density at radius 1 is 1.52 bits per heavy atom. The van der Waals surface area contributed by atoms with E-state index in [0.717, 1.165) is 24.2 Å². The number of methoxy groups -OCH3 is 1. The lowest BCUT2D eigenvalue weighted by Gasteiger charge is -2.24. The summed E-state index contributed by atoms with van der Waals surface area (Å²) in [5.74, 6) is 2.49. The van der Waals surface area contributed by atoms with E-state index in [1.807, 2.05) is 23.9 Å². The normalized spacial score (nSPS) is 19.8. The van der Waals surface area contributed by atoms with E-state index in [1.54, 1.807) is 13.2 Å². The van der Waals surface area contributed by atoms with Crippen LogP contribution in [0.25, 0.3) is 0 Å². The average Bonchev–Trinajstić information content (AvgIpc) is 2.48. The molecule has 116 valence electrons. The molecule has 2 unspecified atom stereocenters. The zero-order valence-corrected chi connectivity index (χ0v) is 12.9. The zero-order chi connectivity index (χ0) is 15.2. The van der Waals surface area contributed by atoms with Crippen molar-refractivity contribution in [3.8, 4) is 11.5 Å². The number of rotatable bonds is 6. The first kappa shape index (κ1) is 16.0. The summed E-state index contributed by atoms with van der Waals surface area (Å²) in [4.78, 5) is 10.8. The molecule has 0 saturated carbocycles. The summed E-state index contributed by atoms with van der Waals surface area (Å²) in [5.41, 5.74) is 6.42. The Labute approximate surface area is 128 Å². The van der Waals surface area contributed by atoms with E-state index in [9.17, 15) is 4.79 Å². The quantitative estimate of drug-likeness (QED) is 0.835. The number of hydrogen-bond donors (Lipinski definition) is 2. The molecule has 1 aromatic carbocycles. The van der Waals surface area contributed by atoms with Crippen molar-refractivity contribution in [1.29, 1.82) is 0 Å². The fourth-order valence-electron chi connectivity index (χ4n) is 2.27. The highest BCUT2D eigenvalue weighted by Gasteiger charge is 2.19. The molecule has 1 aliphatic rings. The highest BCUT2D eigenvalue weighted by Crippen LogP contribution is 2.31. The lowest BCUT2D eigenvalue weighted by atomic mass is 10.1. The second-order valence-electron chi connectivity index (χ2n) is 5.09. The molecule has 2 rings (SSSR count). The van der Waals surface area contributed by atoms with Gasteiger partial charge < -0.3 is 20.3 Å². The van der Waals surface area contributed by atoms with Gasteiger partial charge >= 0.3 is 5.97 Å². The van der Waals surface area contributed by atoms with Gasteiger partial charge in [-0.1, -0.05) is 6.07 Å². The molecule has 0 amide bonds. The van der Waals surface area contributed by atoms with Gasteiger partial charge in [-0.15, -0.1) is 0 Å². The van der Waals surface area contributed by atoms with Gasteiger partial charge in [0.05, 0.1) is 7.11 Å². The van der Waals surface area contributed by atoms with Gasteiger partial charge in [0.2, 0.25) is 0 Å². The van der Waals surface area contributed by atoms with Crippen LogP contribution in [0.5, 0.6) is 11.5 Å². The van der Waals surface area contributed by atoms with E-state index in [4.69, 9.17) is 20.3 Å². The van der Waals surface area contributed by atoms with Gasteiger partial charge in [0, 0.05) is 5.75 Å². The Morgan fingerprint density at radius 3 is 2.95 bits per heavy atom. The van der Waals surface area contributed by atoms with E-state index in [0.29, 0.717) is 11.5 Å². The van der Waals surface area contributed by atoms with Crippen LogP contribution in [0, 0.1) is 0 Å².